The molecule has 0 unspecified atom stereocenters. The van der Waals surface area contributed by atoms with Crippen molar-refractivity contribution in [3.63, 3.8) is 0 Å². The first-order chi connectivity index (χ1) is 13.2. The van der Waals surface area contributed by atoms with Gasteiger partial charge in [0.2, 0.25) is 5.95 Å². The second-order valence-corrected chi connectivity index (χ2v) is 7.33. The lowest BCUT2D eigenvalue weighted by atomic mass is 9.87. The minimum atomic E-state index is -0.974. The summed E-state index contributed by atoms with van der Waals surface area (Å²) in [5.41, 5.74) is 2.45. The third-order valence-electron chi connectivity index (χ3n) is 4.10. The molecular formula is C21H20F2N4O. The molecule has 1 aromatic heterocycles. The molecule has 144 valence electrons. The number of aromatic nitrogens is 2. The van der Waals surface area contributed by atoms with E-state index in [0.717, 1.165) is 12.1 Å². The number of amides is 1. The van der Waals surface area contributed by atoms with E-state index in [1.54, 1.807) is 0 Å². The highest BCUT2D eigenvalue weighted by molar-refractivity contribution is 6.03. The van der Waals surface area contributed by atoms with Gasteiger partial charge in [0.05, 0.1) is 5.56 Å². The molecule has 28 heavy (non-hydrogen) atoms. The van der Waals surface area contributed by atoms with Gasteiger partial charge in [0, 0.05) is 29.8 Å². The van der Waals surface area contributed by atoms with Gasteiger partial charge in [-0.15, -0.1) is 0 Å². The molecule has 5 nitrogen and oxygen atoms in total. The molecule has 0 fully saturated rings. The van der Waals surface area contributed by atoms with Crippen molar-refractivity contribution in [2.24, 2.45) is 0 Å². The van der Waals surface area contributed by atoms with Crippen molar-refractivity contribution in [3.8, 4) is 0 Å². The fourth-order valence-electron chi connectivity index (χ4n) is 2.47. The van der Waals surface area contributed by atoms with Crippen LogP contribution in [0, 0.1) is 11.6 Å². The van der Waals surface area contributed by atoms with Gasteiger partial charge < -0.3 is 10.6 Å². The van der Waals surface area contributed by atoms with E-state index in [1.165, 1.54) is 24.0 Å². The lowest BCUT2D eigenvalue weighted by Crippen LogP contribution is -2.14. The summed E-state index contributed by atoms with van der Waals surface area (Å²) in [6.07, 6.45) is 2.71. The van der Waals surface area contributed by atoms with Gasteiger partial charge in [-0.25, -0.2) is 18.7 Å². The minimum absolute atomic E-state index is 0.0344. The molecular weight excluding hydrogens is 362 g/mol. The number of nitrogens with zero attached hydrogens (tertiary/aromatic N) is 2. The zero-order chi connectivity index (χ0) is 20.3. The van der Waals surface area contributed by atoms with Gasteiger partial charge in [-0.1, -0.05) is 32.9 Å². The fourth-order valence-corrected chi connectivity index (χ4v) is 2.47. The largest absolute Gasteiger partial charge is 0.324 e. The molecule has 0 spiro atoms. The quantitative estimate of drug-likeness (QED) is 0.663. The molecule has 0 saturated carbocycles. The predicted molar refractivity (Wildman–Crippen MR) is 105 cm³/mol. The number of anilines is 3. The number of carbonyl (C=O) groups excluding carboxylic acids is 1. The molecule has 1 heterocycles. The van der Waals surface area contributed by atoms with Gasteiger partial charge in [0.1, 0.15) is 0 Å². The summed E-state index contributed by atoms with van der Waals surface area (Å²) in [4.78, 5) is 20.4. The molecule has 0 aliphatic heterocycles. The molecule has 0 radical (unpaired) electrons. The molecule has 0 aliphatic rings. The van der Waals surface area contributed by atoms with Crippen molar-refractivity contribution in [1.82, 2.24) is 9.97 Å². The van der Waals surface area contributed by atoms with Crippen LogP contribution in [-0.4, -0.2) is 15.9 Å². The summed E-state index contributed by atoms with van der Waals surface area (Å²) in [5, 5.41) is 5.54. The number of benzene rings is 2. The summed E-state index contributed by atoms with van der Waals surface area (Å²) < 4.78 is 26.2. The first-order valence-electron chi connectivity index (χ1n) is 8.68. The molecule has 0 saturated heterocycles. The van der Waals surface area contributed by atoms with Crippen molar-refractivity contribution in [3.05, 3.63) is 77.6 Å². The smallest absolute Gasteiger partial charge is 0.258 e. The van der Waals surface area contributed by atoms with Crippen LogP contribution in [0.15, 0.2) is 54.9 Å². The Kier molecular flexibility index (Phi) is 5.35. The Morgan fingerprint density at radius 3 is 2.07 bits per heavy atom. The number of nitrogens with one attached hydrogen (secondary N) is 2. The Labute approximate surface area is 161 Å². The number of carbonyl (C=O) groups is 1. The number of halogens is 2. The fraction of sp³-hybridized carbons (Fsp3) is 0.190. The summed E-state index contributed by atoms with van der Waals surface area (Å²) in [7, 11) is 0. The summed E-state index contributed by atoms with van der Waals surface area (Å²) in [6, 6.07) is 11.0. The Balaban J connectivity index is 1.65. The van der Waals surface area contributed by atoms with Gasteiger partial charge in [-0.3, -0.25) is 4.79 Å². The standard InChI is InChI=1S/C21H20F2N4O/c1-21(2,3)14-4-6-15(7-5-14)26-19(28)13-11-24-20(25-12-13)27-16-8-9-17(22)18(23)10-16/h4-12H,1-3H3,(H,26,28)(H,24,25,27). The van der Waals surface area contributed by atoms with Gasteiger partial charge in [0.15, 0.2) is 11.6 Å². The number of hydrogen-bond donors (Lipinski definition) is 2. The maximum atomic E-state index is 13.2. The molecule has 7 heteroatoms. The van der Waals surface area contributed by atoms with Crippen LogP contribution in [0.1, 0.15) is 36.7 Å². The summed E-state index contributed by atoms with van der Waals surface area (Å²) in [5.74, 6) is -2.09. The van der Waals surface area contributed by atoms with Crippen LogP contribution in [0.4, 0.5) is 26.1 Å². The summed E-state index contributed by atoms with van der Waals surface area (Å²) in [6.45, 7) is 6.36. The van der Waals surface area contributed by atoms with Gasteiger partial charge in [-0.05, 0) is 35.2 Å². The SMILES string of the molecule is CC(C)(C)c1ccc(NC(=O)c2cnc(Nc3ccc(F)c(F)c3)nc2)cc1. The van der Waals surface area contributed by atoms with E-state index in [9.17, 15) is 13.6 Å². The van der Waals surface area contributed by atoms with E-state index >= 15 is 0 Å². The zero-order valence-electron chi connectivity index (χ0n) is 15.8. The molecule has 0 aliphatic carbocycles. The minimum Gasteiger partial charge on any atom is -0.324 e. The monoisotopic (exact) mass is 382 g/mol. The van der Waals surface area contributed by atoms with E-state index in [4.69, 9.17) is 0 Å². The van der Waals surface area contributed by atoms with Gasteiger partial charge >= 0.3 is 0 Å². The Bertz CT molecular complexity index is 981. The Hall–Kier alpha value is -3.35. The molecule has 3 aromatic rings. The van der Waals surface area contributed by atoms with Crippen LogP contribution < -0.4 is 10.6 Å². The number of hydrogen-bond acceptors (Lipinski definition) is 4. The molecule has 2 aromatic carbocycles. The second kappa shape index (κ2) is 7.72. The average Bonchev–Trinajstić information content (AvgIpc) is 2.65. The maximum Gasteiger partial charge on any atom is 0.258 e. The Morgan fingerprint density at radius 2 is 1.50 bits per heavy atom. The van der Waals surface area contributed by atoms with E-state index in [1.807, 2.05) is 24.3 Å². The lowest BCUT2D eigenvalue weighted by molar-refractivity contribution is 0.102. The topological polar surface area (TPSA) is 66.9 Å². The van der Waals surface area contributed by atoms with E-state index in [0.29, 0.717) is 11.4 Å². The van der Waals surface area contributed by atoms with Gasteiger partial charge in [0.25, 0.3) is 5.91 Å². The van der Waals surface area contributed by atoms with Crippen molar-refractivity contribution in [1.29, 1.82) is 0 Å². The summed E-state index contributed by atoms with van der Waals surface area (Å²) >= 11 is 0. The third kappa shape index (κ3) is 4.68. The zero-order valence-corrected chi connectivity index (χ0v) is 15.8. The van der Waals surface area contributed by atoms with Crippen molar-refractivity contribution >= 4 is 23.2 Å². The van der Waals surface area contributed by atoms with E-state index in [2.05, 4.69) is 41.4 Å². The highest BCUT2D eigenvalue weighted by Gasteiger charge is 2.14. The van der Waals surface area contributed by atoms with Crippen molar-refractivity contribution in [2.75, 3.05) is 10.6 Å². The van der Waals surface area contributed by atoms with Crippen LogP contribution in [0.3, 0.4) is 0 Å². The third-order valence-corrected chi connectivity index (χ3v) is 4.10. The molecule has 3 rings (SSSR count). The average molecular weight is 382 g/mol. The van der Waals surface area contributed by atoms with Gasteiger partial charge in [-0.2, -0.15) is 0 Å². The van der Waals surface area contributed by atoms with Crippen molar-refractivity contribution in [2.45, 2.75) is 26.2 Å². The highest BCUT2D eigenvalue weighted by Crippen LogP contribution is 2.23. The maximum absolute atomic E-state index is 13.2. The first-order valence-corrected chi connectivity index (χ1v) is 8.68. The molecule has 2 N–H and O–H groups in total. The normalized spacial score (nSPS) is 11.2. The molecule has 0 bridgehead atoms. The predicted octanol–water partition coefficient (Wildman–Crippen LogP) is 5.05. The van der Waals surface area contributed by atoms with E-state index in [-0.39, 0.29) is 22.8 Å². The van der Waals surface area contributed by atoms with Crippen molar-refractivity contribution < 1.29 is 13.6 Å². The number of rotatable bonds is 4. The van der Waals surface area contributed by atoms with Crippen LogP contribution in [0.2, 0.25) is 0 Å². The van der Waals surface area contributed by atoms with Crippen LogP contribution >= 0.6 is 0 Å². The van der Waals surface area contributed by atoms with E-state index < -0.39 is 11.6 Å². The second-order valence-electron chi connectivity index (χ2n) is 7.33. The Morgan fingerprint density at radius 1 is 0.893 bits per heavy atom. The first kappa shape index (κ1) is 19.4. The lowest BCUT2D eigenvalue weighted by Gasteiger charge is -2.19. The van der Waals surface area contributed by atoms with Crippen LogP contribution in [-0.2, 0) is 5.41 Å². The van der Waals surface area contributed by atoms with Crippen LogP contribution in [0.5, 0.6) is 0 Å². The van der Waals surface area contributed by atoms with Crippen LogP contribution in [0.25, 0.3) is 0 Å². The highest BCUT2D eigenvalue weighted by atomic mass is 19.2. The molecule has 0 atom stereocenters. The molecule has 1 amide bonds.